The van der Waals surface area contributed by atoms with Crippen LogP contribution in [0.5, 0.6) is 0 Å². The lowest BCUT2D eigenvalue weighted by atomic mass is 9.92. The summed E-state index contributed by atoms with van der Waals surface area (Å²) in [5, 5.41) is 8.92. The normalized spacial score (nSPS) is 12.6. The van der Waals surface area contributed by atoms with Gasteiger partial charge in [0.2, 0.25) is 0 Å². The molecule has 0 aliphatic heterocycles. The molecule has 0 bridgehead atoms. The van der Waals surface area contributed by atoms with Crippen LogP contribution >= 0.6 is 0 Å². The van der Waals surface area contributed by atoms with Crippen molar-refractivity contribution in [2.75, 3.05) is 27.1 Å². The summed E-state index contributed by atoms with van der Waals surface area (Å²) in [6, 6.07) is 10.4. The minimum atomic E-state index is 0.252. The number of hydrogen-bond donors (Lipinski definition) is 1. The summed E-state index contributed by atoms with van der Waals surface area (Å²) in [4.78, 5) is 0. The van der Waals surface area contributed by atoms with Gasteiger partial charge in [-0.05, 0) is 30.7 Å². The Labute approximate surface area is 103 Å². The van der Waals surface area contributed by atoms with Crippen LogP contribution in [-0.2, 0) is 9.47 Å². The fraction of sp³-hybridized carbons (Fsp3) is 0.571. The molecule has 0 heterocycles. The molecule has 0 aliphatic carbocycles. The maximum Gasteiger partial charge on any atom is 0.146 e. The highest BCUT2D eigenvalue weighted by molar-refractivity contribution is 5.19. The lowest BCUT2D eigenvalue weighted by molar-refractivity contribution is -0.0327. The minimum Gasteiger partial charge on any atom is -0.396 e. The molecular weight excluding hydrogens is 216 g/mol. The van der Waals surface area contributed by atoms with Gasteiger partial charge in [0.1, 0.15) is 6.79 Å². The first-order valence-corrected chi connectivity index (χ1v) is 6.11. The van der Waals surface area contributed by atoms with Gasteiger partial charge in [0.05, 0.1) is 6.61 Å². The van der Waals surface area contributed by atoms with E-state index in [4.69, 9.17) is 14.6 Å². The van der Waals surface area contributed by atoms with Crippen molar-refractivity contribution >= 4 is 0 Å². The summed E-state index contributed by atoms with van der Waals surface area (Å²) >= 11 is 0. The second-order valence-corrected chi connectivity index (χ2v) is 4.08. The van der Waals surface area contributed by atoms with Crippen LogP contribution in [0.25, 0.3) is 0 Å². The van der Waals surface area contributed by atoms with E-state index in [1.807, 2.05) is 6.07 Å². The second kappa shape index (κ2) is 9.16. The van der Waals surface area contributed by atoms with E-state index in [-0.39, 0.29) is 6.61 Å². The quantitative estimate of drug-likeness (QED) is 0.531. The molecule has 3 nitrogen and oxygen atoms in total. The highest BCUT2D eigenvalue weighted by atomic mass is 16.7. The van der Waals surface area contributed by atoms with E-state index in [1.165, 1.54) is 5.56 Å². The minimum absolute atomic E-state index is 0.252. The van der Waals surface area contributed by atoms with Gasteiger partial charge in [-0.2, -0.15) is 0 Å². The Balaban J connectivity index is 2.43. The van der Waals surface area contributed by atoms with E-state index in [0.29, 0.717) is 19.3 Å². The molecule has 1 aromatic rings. The Morgan fingerprint density at radius 3 is 2.59 bits per heavy atom. The molecule has 17 heavy (non-hydrogen) atoms. The van der Waals surface area contributed by atoms with Crippen LogP contribution in [-0.4, -0.2) is 32.2 Å². The molecule has 0 aromatic heterocycles. The van der Waals surface area contributed by atoms with E-state index in [9.17, 15) is 0 Å². The zero-order valence-electron chi connectivity index (χ0n) is 10.5. The van der Waals surface area contributed by atoms with Crippen LogP contribution in [0.3, 0.4) is 0 Å². The Bertz CT molecular complexity index is 274. The highest BCUT2D eigenvalue weighted by Crippen LogP contribution is 2.24. The van der Waals surface area contributed by atoms with E-state index in [1.54, 1.807) is 7.11 Å². The molecule has 0 aliphatic rings. The lowest BCUT2D eigenvalue weighted by Crippen LogP contribution is -2.06. The van der Waals surface area contributed by atoms with Gasteiger partial charge in [0, 0.05) is 13.7 Å². The number of aliphatic hydroxyl groups excluding tert-OH is 1. The molecule has 1 N–H and O–H groups in total. The zero-order chi connectivity index (χ0) is 12.3. The third kappa shape index (κ3) is 5.82. The predicted octanol–water partition coefficient (Wildman–Crippen LogP) is 2.55. The van der Waals surface area contributed by atoms with Gasteiger partial charge in [-0.1, -0.05) is 30.3 Å². The molecule has 0 fully saturated rings. The van der Waals surface area contributed by atoms with Gasteiger partial charge in [0.25, 0.3) is 0 Å². The van der Waals surface area contributed by atoms with Gasteiger partial charge in [-0.3, -0.25) is 0 Å². The third-order valence-corrected chi connectivity index (χ3v) is 2.79. The van der Waals surface area contributed by atoms with Gasteiger partial charge in [-0.25, -0.2) is 0 Å². The number of ether oxygens (including phenoxy) is 2. The van der Waals surface area contributed by atoms with Crippen molar-refractivity contribution in [1.29, 1.82) is 0 Å². The van der Waals surface area contributed by atoms with Crippen molar-refractivity contribution in [3.63, 3.8) is 0 Å². The molecule has 0 saturated heterocycles. The van der Waals surface area contributed by atoms with Crippen LogP contribution in [0.4, 0.5) is 0 Å². The van der Waals surface area contributed by atoms with Crippen LogP contribution < -0.4 is 0 Å². The van der Waals surface area contributed by atoms with E-state index < -0.39 is 0 Å². The monoisotopic (exact) mass is 238 g/mol. The standard InChI is InChI=1S/C14H22O3/c1-16-12-17-11-9-14(8-5-10-15)13-6-3-2-4-7-13/h2-4,6-7,14-15H,5,8-12H2,1H3/t14-/m1/s1. The second-order valence-electron chi connectivity index (χ2n) is 4.08. The molecule has 0 unspecified atom stereocenters. The first kappa shape index (κ1) is 14.2. The van der Waals surface area contributed by atoms with Crippen molar-refractivity contribution < 1.29 is 14.6 Å². The van der Waals surface area contributed by atoms with Crippen LogP contribution in [0.1, 0.15) is 30.7 Å². The summed E-state index contributed by atoms with van der Waals surface area (Å²) in [5.41, 5.74) is 1.32. The maximum atomic E-state index is 8.92. The van der Waals surface area contributed by atoms with E-state index in [0.717, 1.165) is 19.3 Å². The first-order chi connectivity index (χ1) is 8.38. The number of methoxy groups -OCH3 is 1. The molecule has 1 aromatic carbocycles. The fourth-order valence-electron chi connectivity index (χ4n) is 1.91. The number of benzene rings is 1. The van der Waals surface area contributed by atoms with Gasteiger partial charge in [-0.15, -0.1) is 0 Å². The van der Waals surface area contributed by atoms with Gasteiger partial charge in [0.15, 0.2) is 0 Å². The number of rotatable bonds is 9. The summed E-state index contributed by atoms with van der Waals surface area (Å²) < 4.78 is 10.2. The molecular formula is C14H22O3. The summed E-state index contributed by atoms with van der Waals surface area (Å²) in [6.07, 6.45) is 2.80. The summed E-state index contributed by atoms with van der Waals surface area (Å²) in [5.74, 6) is 0.459. The highest BCUT2D eigenvalue weighted by Gasteiger charge is 2.10. The first-order valence-electron chi connectivity index (χ1n) is 6.11. The van der Waals surface area contributed by atoms with Gasteiger partial charge < -0.3 is 14.6 Å². The molecule has 96 valence electrons. The van der Waals surface area contributed by atoms with E-state index in [2.05, 4.69) is 24.3 Å². The molecule has 0 saturated carbocycles. The largest absolute Gasteiger partial charge is 0.396 e. The fourth-order valence-corrected chi connectivity index (χ4v) is 1.91. The average Bonchev–Trinajstić information content (AvgIpc) is 2.39. The van der Waals surface area contributed by atoms with Crippen molar-refractivity contribution in [3.8, 4) is 0 Å². The Kier molecular flexibility index (Phi) is 7.63. The topological polar surface area (TPSA) is 38.7 Å². The summed E-state index contributed by atoms with van der Waals surface area (Å²) in [7, 11) is 1.63. The molecule has 1 rings (SSSR count). The third-order valence-electron chi connectivity index (χ3n) is 2.79. The van der Waals surface area contributed by atoms with Crippen LogP contribution in [0.2, 0.25) is 0 Å². The van der Waals surface area contributed by atoms with Crippen molar-refractivity contribution in [3.05, 3.63) is 35.9 Å². The maximum absolute atomic E-state index is 8.92. The van der Waals surface area contributed by atoms with E-state index >= 15 is 0 Å². The van der Waals surface area contributed by atoms with Crippen molar-refractivity contribution in [2.45, 2.75) is 25.2 Å². The zero-order valence-corrected chi connectivity index (χ0v) is 10.5. The average molecular weight is 238 g/mol. The lowest BCUT2D eigenvalue weighted by Gasteiger charge is -2.16. The van der Waals surface area contributed by atoms with Crippen molar-refractivity contribution in [1.82, 2.24) is 0 Å². The Hall–Kier alpha value is -0.900. The Morgan fingerprint density at radius 2 is 1.94 bits per heavy atom. The smallest absolute Gasteiger partial charge is 0.146 e. The molecule has 0 radical (unpaired) electrons. The van der Waals surface area contributed by atoms with Gasteiger partial charge >= 0.3 is 0 Å². The summed E-state index contributed by atoms with van der Waals surface area (Å²) in [6.45, 7) is 1.29. The van der Waals surface area contributed by atoms with Crippen molar-refractivity contribution in [2.24, 2.45) is 0 Å². The number of hydrogen-bond acceptors (Lipinski definition) is 3. The SMILES string of the molecule is COCOCC[C@@H](CCCO)c1ccccc1. The van der Waals surface area contributed by atoms with Crippen LogP contribution in [0.15, 0.2) is 30.3 Å². The molecule has 0 spiro atoms. The molecule has 1 atom stereocenters. The van der Waals surface area contributed by atoms with Crippen LogP contribution in [0, 0.1) is 0 Å². The molecule has 3 heteroatoms. The number of aliphatic hydroxyl groups is 1. The Morgan fingerprint density at radius 1 is 1.18 bits per heavy atom. The molecule has 0 amide bonds. The predicted molar refractivity (Wildman–Crippen MR) is 67.9 cm³/mol.